The Bertz CT molecular complexity index is 671. The van der Waals surface area contributed by atoms with Crippen LogP contribution in [-0.2, 0) is 10.0 Å². The van der Waals surface area contributed by atoms with E-state index in [0.717, 1.165) is 9.21 Å². The average Bonchev–Trinajstić information content (AvgIpc) is 2.43. The molecule has 0 aromatic heterocycles. The SMILES string of the molecule is Nc1ccc(Cl)c(S(=O)(=O)N2CCN(C(=O)O)CC2)c1O. The van der Waals surface area contributed by atoms with Crippen LogP contribution in [0.3, 0.4) is 0 Å². The van der Waals surface area contributed by atoms with Crippen molar-refractivity contribution in [1.29, 1.82) is 0 Å². The lowest BCUT2D eigenvalue weighted by molar-refractivity contribution is 0.126. The van der Waals surface area contributed by atoms with Crippen LogP contribution in [0.15, 0.2) is 17.0 Å². The Morgan fingerprint density at radius 2 is 1.81 bits per heavy atom. The Kier molecular flexibility index (Phi) is 4.17. The number of nitrogens with two attached hydrogens (primary N) is 1. The van der Waals surface area contributed by atoms with Crippen molar-refractivity contribution in [1.82, 2.24) is 9.21 Å². The first-order valence-electron chi connectivity index (χ1n) is 6.00. The van der Waals surface area contributed by atoms with E-state index >= 15 is 0 Å². The molecule has 0 bridgehead atoms. The van der Waals surface area contributed by atoms with E-state index in [0.29, 0.717) is 0 Å². The molecule has 0 saturated carbocycles. The summed E-state index contributed by atoms with van der Waals surface area (Å²) >= 11 is 5.86. The van der Waals surface area contributed by atoms with Gasteiger partial charge >= 0.3 is 6.09 Å². The molecule has 10 heteroatoms. The van der Waals surface area contributed by atoms with Crippen molar-refractivity contribution in [3.05, 3.63) is 17.2 Å². The minimum atomic E-state index is -4.04. The van der Waals surface area contributed by atoms with Gasteiger partial charge in [-0.15, -0.1) is 0 Å². The van der Waals surface area contributed by atoms with Crippen LogP contribution in [-0.4, -0.2) is 60.1 Å². The summed E-state index contributed by atoms with van der Waals surface area (Å²) in [6, 6.07) is 2.59. The summed E-state index contributed by atoms with van der Waals surface area (Å²) in [5.41, 5.74) is 5.40. The lowest BCUT2D eigenvalue weighted by Gasteiger charge is -2.32. The molecule has 116 valence electrons. The van der Waals surface area contributed by atoms with Gasteiger partial charge in [-0.2, -0.15) is 4.31 Å². The number of aromatic hydroxyl groups is 1. The van der Waals surface area contributed by atoms with Crippen LogP contribution in [0.2, 0.25) is 5.02 Å². The molecule has 0 radical (unpaired) electrons. The number of hydrogen-bond acceptors (Lipinski definition) is 5. The van der Waals surface area contributed by atoms with Crippen molar-refractivity contribution >= 4 is 33.4 Å². The van der Waals surface area contributed by atoms with Crippen molar-refractivity contribution in [2.24, 2.45) is 0 Å². The van der Waals surface area contributed by atoms with Gasteiger partial charge in [0, 0.05) is 26.2 Å². The maximum Gasteiger partial charge on any atom is 0.407 e. The quantitative estimate of drug-likeness (QED) is 0.537. The first kappa shape index (κ1) is 15.7. The van der Waals surface area contributed by atoms with Crippen LogP contribution < -0.4 is 5.73 Å². The number of halogens is 1. The molecule has 0 spiro atoms. The number of carboxylic acid groups (broad SMARTS) is 1. The van der Waals surface area contributed by atoms with Gasteiger partial charge in [-0.05, 0) is 12.1 Å². The molecule has 1 aliphatic rings. The summed E-state index contributed by atoms with van der Waals surface area (Å²) < 4.78 is 26.1. The van der Waals surface area contributed by atoms with Crippen molar-refractivity contribution < 1.29 is 23.4 Å². The van der Waals surface area contributed by atoms with Gasteiger partial charge in [-0.1, -0.05) is 11.6 Å². The van der Waals surface area contributed by atoms with Crippen molar-refractivity contribution in [3.63, 3.8) is 0 Å². The van der Waals surface area contributed by atoms with Gasteiger partial charge in [0.25, 0.3) is 0 Å². The normalized spacial score (nSPS) is 16.9. The van der Waals surface area contributed by atoms with E-state index in [1.54, 1.807) is 0 Å². The van der Waals surface area contributed by atoms with Gasteiger partial charge in [0.05, 0.1) is 10.7 Å². The minimum absolute atomic E-state index is 0.0147. The minimum Gasteiger partial charge on any atom is -0.504 e. The number of carbonyl (C=O) groups is 1. The fourth-order valence-corrected chi connectivity index (χ4v) is 4.08. The standard InChI is InChI=1S/C11H14ClN3O5S/c12-7-1-2-8(13)9(16)10(7)21(19,20)15-5-3-14(4-6-15)11(17)18/h1-2,16H,3-6,13H2,(H,17,18). The molecule has 1 fully saturated rings. The molecule has 0 unspecified atom stereocenters. The summed E-state index contributed by atoms with van der Waals surface area (Å²) in [6.07, 6.45) is -1.10. The van der Waals surface area contributed by atoms with Crippen LogP contribution in [0.5, 0.6) is 5.75 Å². The zero-order valence-corrected chi connectivity index (χ0v) is 12.4. The molecule has 21 heavy (non-hydrogen) atoms. The molecule has 0 aliphatic carbocycles. The lowest BCUT2D eigenvalue weighted by Crippen LogP contribution is -2.50. The zero-order chi connectivity index (χ0) is 15.8. The molecular weight excluding hydrogens is 322 g/mol. The highest BCUT2D eigenvalue weighted by Crippen LogP contribution is 2.37. The smallest absolute Gasteiger partial charge is 0.407 e. The highest BCUT2D eigenvalue weighted by atomic mass is 35.5. The maximum atomic E-state index is 12.5. The molecule has 1 aromatic carbocycles. The van der Waals surface area contributed by atoms with Gasteiger partial charge in [0.2, 0.25) is 10.0 Å². The third kappa shape index (κ3) is 2.85. The molecule has 1 amide bonds. The number of anilines is 1. The topological polar surface area (TPSA) is 124 Å². The van der Waals surface area contributed by atoms with Gasteiger partial charge in [-0.25, -0.2) is 13.2 Å². The van der Waals surface area contributed by atoms with Crippen LogP contribution in [0.1, 0.15) is 0 Å². The third-order valence-corrected chi connectivity index (χ3v) is 5.62. The Morgan fingerprint density at radius 3 is 2.33 bits per heavy atom. The number of nitrogens with zero attached hydrogens (tertiary/aromatic N) is 2. The van der Waals surface area contributed by atoms with E-state index in [4.69, 9.17) is 22.4 Å². The molecule has 1 heterocycles. The molecule has 1 saturated heterocycles. The molecule has 1 aromatic rings. The number of amides is 1. The summed E-state index contributed by atoms with van der Waals surface area (Å²) in [6.45, 7) is 0.0723. The average molecular weight is 336 g/mol. The summed E-state index contributed by atoms with van der Waals surface area (Å²) in [7, 11) is -4.04. The second-order valence-corrected chi connectivity index (χ2v) is 6.77. The number of phenolic OH excluding ortho intramolecular Hbond substituents is 1. The number of phenols is 1. The van der Waals surface area contributed by atoms with Crippen LogP contribution in [0, 0.1) is 0 Å². The lowest BCUT2D eigenvalue weighted by atomic mass is 10.3. The van der Waals surface area contributed by atoms with E-state index in [-0.39, 0.29) is 36.9 Å². The van der Waals surface area contributed by atoms with Crippen molar-refractivity contribution in [3.8, 4) is 5.75 Å². The molecule has 1 aliphatic heterocycles. The largest absolute Gasteiger partial charge is 0.504 e. The molecule has 0 atom stereocenters. The van der Waals surface area contributed by atoms with Gasteiger partial charge in [-0.3, -0.25) is 0 Å². The zero-order valence-electron chi connectivity index (χ0n) is 10.9. The number of benzene rings is 1. The van der Waals surface area contributed by atoms with Crippen molar-refractivity contribution in [2.45, 2.75) is 4.90 Å². The predicted octanol–water partition coefficient (Wildman–Crippen LogP) is 0.612. The van der Waals surface area contributed by atoms with Crippen molar-refractivity contribution in [2.75, 3.05) is 31.9 Å². The number of nitrogen functional groups attached to an aromatic ring is 1. The number of rotatable bonds is 2. The van der Waals surface area contributed by atoms with E-state index in [9.17, 15) is 18.3 Å². The van der Waals surface area contributed by atoms with E-state index in [2.05, 4.69) is 0 Å². The highest BCUT2D eigenvalue weighted by Gasteiger charge is 2.34. The third-order valence-electron chi connectivity index (χ3n) is 3.22. The highest BCUT2D eigenvalue weighted by molar-refractivity contribution is 7.89. The maximum absolute atomic E-state index is 12.5. The second kappa shape index (κ2) is 5.58. The van der Waals surface area contributed by atoms with Crippen LogP contribution in [0.4, 0.5) is 10.5 Å². The summed E-state index contributed by atoms with van der Waals surface area (Å²) in [5.74, 6) is -0.594. The van der Waals surface area contributed by atoms with Gasteiger partial charge in [0.1, 0.15) is 4.90 Å². The monoisotopic (exact) mass is 335 g/mol. The first-order valence-corrected chi connectivity index (χ1v) is 7.82. The Morgan fingerprint density at radius 1 is 1.24 bits per heavy atom. The van der Waals surface area contributed by atoms with Gasteiger partial charge in [0.15, 0.2) is 5.75 Å². The Labute approximate surface area is 126 Å². The fraction of sp³-hybridized carbons (Fsp3) is 0.364. The van der Waals surface area contributed by atoms with Crippen LogP contribution >= 0.6 is 11.6 Å². The molecular formula is C11H14ClN3O5S. The fourth-order valence-electron chi connectivity index (χ4n) is 2.06. The summed E-state index contributed by atoms with van der Waals surface area (Å²) in [4.78, 5) is 11.5. The number of piperazine rings is 1. The summed E-state index contributed by atoms with van der Waals surface area (Å²) in [5, 5.41) is 18.6. The number of sulfonamides is 1. The van der Waals surface area contributed by atoms with E-state index in [1.807, 2.05) is 0 Å². The van der Waals surface area contributed by atoms with Crippen LogP contribution in [0.25, 0.3) is 0 Å². The second-order valence-electron chi connectivity index (χ2n) is 4.49. The molecule has 2 rings (SSSR count). The first-order chi connectivity index (χ1) is 9.75. The van der Waals surface area contributed by atoms with Gasteiger partial charge < -0.3 is 20.8 Å². The Hall–Kier alpha value is -1.71. The molecule has 4 N–H and O–H groups in total. The van der Waals surface area contributed by atoms with E-state index in [1.165, 1.54) is 12.1 Å². The Balaban J connectivity index is 2.32. The predicted molar refractivity (Wildman–Crippen MR) is 75.9 cm³/mol. The number of hydrogen-bond donors (Lipinski definition) is 3. The van der Waals surface area contributed by atoms with E-state index < -0.39 is 26.8 Å². The molecule has 8 nitrogen and oxygen atoms in total.